The Morgan fingerprint density at radius 2 is 1.65 bits per heavy atom. The summed E-state index contributed by atoms with van der Waals surface area (Å²) >= 11 is 1.33. The average molecular weight is 639 g/mol. The second kappa shape index (κ2) is 16.1. The molecule has 4 aromatic carbocycles. The molecule has 3 N–H and O–H groups in total. The van der Waals surface area contributed by atoms with Gasteiger partial charge in [0.15, 0.2) is 0 Å². The van der Waals surface area contributed by atoms with Crippen molar-refractivity contribution in [2.75, 3.05) is 17.2 Å². The Hall–Kier alpha value is -5.42. The molecule has 4 rings (SSSR count). The largest absolute Gasteiger partial charge is 0.493 e. The number of carbonyl (C=O) groups excluding carboxylic acids is 3. The summed E-state index contributed by atoms with van der Waals surface area (Å²) in [6, 6.07) is 27.1. The van der Waals surface area contributed by atoms with Crippen LogP contribution in [0.3, 0.4) is 0 Å². The number of benzene rings is 4. The maximum Gasteiger partial charge on any atom is 0.272 e. The summed E-state index contributed by atoms with van der Waals surface area (Å²) < 4.78 is 5.72. The number of non-ortho nitro benzene ring substituents is 1. The molecule has 0 aliphatic rings. The van der Waals surface area contributed by atoms with Gasteiger partial charge in [-0.3, -0.25) is 24.5 Å². The minimum Gasteiger partial charge on any atom is -0.493 e. The second-order valence-corrected chi connectivity index (χ2v) is 11.4. The van der Waals surface area contributed by atoms with Gasteiger partial charge < -0.3 is 20.7 Å². The van der Waals surface area contributed by atoms with Crippen molar-refractivity contribution >= 4 is 52.6 Å². The SMILES string of the molecule is CCOc1ccccc1/C=C(/NC(=O)c1ccccc1)C(=O)Nc1cccc(SC(CC)C(=O)Nc2ccc([N+](=O)[O-])cc2C)c1. The van der Waals surface area contributed by atoms with Crippen LogP contribution in [-0.4, -0.2) is 34.5 Å². The molecular formula is C35H34N4O6S. The van der Waals surface area contributed by atoms with Crippen LogP contribution in [0.15, 0.2) is 108 Å². The fraction of sp³-hybridized carbons (Fsp3) is 0.171. The Labute approximate surface area is 271 Å². The molecule has 0 spiro atoms. The smallest absolute Gasteiger partial charge is 0.272 e. The predicted molar refractivity (Wildman–Crippen MR) is 181 cm³/mol. The first-order valence-electron chi connectivity index (χ1n) is 14.6. The molecule has 1 unspecified atom stereocenters. The maximum absolute atomic E-state index is 13.6. The number of aryl methyl sites for hydroxylation is 1. The van der Waals surface area contributed by atoms with E-state index >= 15 is 0 Å². The van der Waals surface area contributed by atoms with E-state index in [0.29, 0.717) is 46.8 Å². The molecule has 0 saturated carbocycles. The lowest BCUT2D eigenvalue weighted by atomic mass is 10.1. The molecule has 4 aromatic rings. The van der Waals surface area contributed by atoms with Crippen molar-refractivity contribution in [1.82, 2.24) is 5.32 Å². The van der Waals surface area contributed by atoms with E-state index in [1.807, 2.05) is 32.0 Å². The maximum atomic E-state index is 13.6. The molecule has 0 fully saturated rings. The van der Waals surface area contributed by atoms with Gasteiger partial charge in [0.2, 0.25) is 5.91 Å². The Kier molecular flexibility index (Phi) is 11.7. The zero-order chi connectivity index (χ0) is 33.1. The quantitative estimate of drug-likeness (QED) is 0.0608. The van der Waals surface area contributed by atoms with E-state index in [4.69, 9.17) is 4.74 Å². The number of amides is 3. The first-order valence-corrected chi connectivity index (χ1v) is 15.5. The number of anilines is 2. The average Bonchev–Trinajstić information content (AvgIpc) is 3.05. The summed E-state index contributed by atoms with van der Waals surface area (Å²) in [6.07, 6.45) is 2.08. The third-order valence-electron chi connectivity index (χ3n) is 6.76. The summed E-state index contributed by atoms with van der Waals surface area (Å²) in [6.45, 7) is 5.87. The topological polar surface area (TPSA) is 140 Å². The lowest BCUT2D eigenvalue weighted by molar-refractivity contribution is -0.384. The number of rotatable bonds is 13. The van der Waals surface area contributed by atoms with Crippen LogP contribution in [-0.2, 0) is 9.59 Å². The first kappa shape index (κ1) is 33.5. The normalized spacial score (nSPS) is 11.7. The molecule has 1 atom stereocenters. The van der Waals surface area contributed by atoms with Crippen molar-refractivity contribution in [2.45, 2.75) is 37.3 Å². The van der Waals surface area contributed by atoms with Crippen molar-refractivity contribution in [3.63, 3.8) is 0 Å². The highest BCUT2D eigenvalue weighted by Crippen LogP contribution is 2.30. The number of thioether (sulfide) groups is 1. The zero-order valence-electron chi connectivity index (χ0n) is 25.6. The second-order valence-electron chi connectivity index (χ2n) is 10.1. The van der Waals surface area contributed by atoms with E-state index in [1.165, 1.54) is 30.0 Å². The highest BCUT2D eigenvalue weighted by molar-refractivity contribution is 8.00. The standard InChI is InChI=1S/C35H34N4O6S/c1-4-32(35(42)37-29-19-18-27(39(43)44)20-23(29)3)46-28-16-11-15-26(22-28)36-34(41)30(38-33(40)24-12-7-6-8-13-24)21-25-14-9-10-17-31(25)45-5-2/h6-22,32H,4-5H2,1-3H3,(H,36,41)(H,37,42)(H,38,40)/b30-21+. The lowest BCUT2D eigenvalue weighted by Crippen LogP contribution is -2.30. The summed E-state index contributed by atoms with van der Waals surface area (Å²) in [7, 11) is 0. The van der Waals surface area contributed by atoms with Crippen LogP contribution in [0.25, 0.3) is 6.08 Å². The highest BCUT2D eigenvalue weighted by atomic mass is 32.2. The number of hydrogen-bond donors (Lipinski definition) is 3. The summed E-state index contributed by atoms with van der Waals surface area (Å²) in [5.41, 5.74) is 2.53. The minimum atomic E-state index is -0.545. The molecule has 0 aliphatic heterocycles. The number of nitro benzene ring substituents is 1. The van der Waals surface area contributed by atoms with Gasteiger partial charge in [0.05, 0.1) is 16.8 Å². The van der Waals surface area contributed by atoms with Crippen molar-refractivity contribution < 1.29 is 24.0 Å². The Bertz CT molecular complexity index is 1760. The van der Waals surface area contributed by atoms with Gasteiger partial charge in [0.1, 0.15) is 11.4 Å². The molecule has 3 amide bonds. The van der Waals surface area contributed by atoms with Gasteiger partial charge in [-0.15, -0.1) is 11.8 Å². The fourth-order valence-corrected chi connectivity index (χ4v) is 5.44. The highest BCUT2D eigenvalue weighted by Gasteiger charge is 2.21. The van der Waals surface area contributed by atoms with Crippen molar-refractivity contribution in [1.29, 1.82) is 0 Å². The third-order valence-corrected chi connectivity index (χ3v) is 8.12. The van der Waals surface area contributed by atoms with Gasteiger partial charge in [-0.2, -0.15) is 0 Å². The van der Waals surface area contributed by atoms with E-state index in [9.17, 15) is 24.5 Å². The molecule has 46 heavy (non-hydrogen) atoms. The van der Waals surface area contributed by atoms with Crippen LogP contribution in [0.2, 0.25) is 0 Å². The van der Waals surface area contributed by atoms with Crippen molar-refractivity contribution in [3.8, 4) is 5.75 Å². The predicted octanol–water partition coefficient (Wildman–Crippen LogP) is 7.22. The Balaban J connectivity index is 1.52. The van der Waals surface area contributed by atoms with Crippen LogP contribution < -0.4 is 20.7 Å². The summed E-state index contributed by atoms with van der Waals surface area (Å²) in [5.74, 6) is -0.674. The van der Waals surface area contributed by atoms with Crippen LogP contribution >= 0.6 is 11.8 Å². The van der Waals surface area contributed by atoms with E-state index < -0.39 is 22.0 Å². The van der Waals surface area contributed by atoms with Gasteiger partial charge in [-0.05, 0) is 74.4 Å². The molecule has 0 radical (unpaired) electrons. The molecule has 11 heteroatoms. The monoisotopic (exact) mass is 638 g/mol. The van der Waals surface area contributed by atoms with Crippen LogP contribution in [0, 0.1) is 17.0 Å². The van der Waals surface area contributed by atoms with Gasteiger partial charge in [-0.1, -0.05) is 49.4 Å². The molecule has 10 nitrogen and oxygen atoms in total. The summed E-state index contributed by atoms with van der Waals surface area (Å²) in [5, 5.41) is 19.1. The van der Waals surface area contributed by atoms with Crippen LogP contribution in [0.4, 0.5) is 17.1 Å². The van der Waals surface area contributed by atoms with Gasteiger partial charge >= 0.3 is 0 Å². The van der Waals surface area contributed by atoms with Crippen molar-refractivity contribution in [3.05, 3.63) is 130 Å². The Morgan fingerprint density at radius 3 is 2.35 bits per heavy atom. The molecular weight excluding hydrogens is 604 g/mol. The van der Waals surface area contributed by atoms with Crippen LogP contribution in [0.1, 0.15) is 41.8 Å². The van der Waals surface area contributed by atoms with Crippen molar-refractivity contribution in [2.24, 2.45) is 0 Å². The van der Waals surface area contributed by atoms with Crippen LogP contribution in [0.5, 0.6) is 5.75 Å². The lowest BCUT2D eigenvalue weighted by Gasteiger charge is -2.17. The first-order chi connectivity index (χ1) is 22.2. The van der Waals surface area contributed by atoms with E-state index in [0.717, 1.165) is 4.90 Å². The molecule has 0 aromatic heterocycles. The number of para-hydroxylation sites is 1. The van der Waals surface area contributed by atoms with E-state index in [2.05, 4.69) is 16.0 Å². The number of hydrogen-bond acceptors (Lipinski definition) is 7. The summed E-state index contributed by atoms with van der Waals surface area (Å²) in [4.78, 5) is 51.1. The number of carbonyl (C=O) groups is 3. The number of ether oxygens (including phenoxy) is 1. The zero-order valence-corrected chi connectivity index (χ0v) is 26.4. The van der Waals surface area contributed by atoms with Gasteiger partial charge in [0, 0.05) is 39.5 Å². The van der Waals surface area contributed by atoms with Gasteiger partial charge in [-0.25, -0.2) is 0 Å². The molecule has 0 aliphatic carbocycles. The molecule has 0 heterocycles. The fourth-order valence-electron chi connectivity index (χ4n) is 4.43. The molecule has 236 valence electrons. The van der Waals surface area contributed by atoms with E-state index in [-0.39, 0.29) is 17.3 Å². The minimum absolute atomic E-state index is 0.0170. The third kappa shape index (κ3) is 9.05. The van der Waals surface area contributed by atoms with Gasteiger partial charge in [0.25, 0.3) is 17.5 Å². The number of nitro groups is 1. The number of nitrogens with one attached hydrogen (secondary N) is 3. The van der Waals surface area contributed by atoms with E-state index in [1.54, 1.807) is 73.7 Å². The molecule has 0 bridgehead atoms. The Morgan fingerprint density at radius 1 is 0.913 bits per heavy atom. The number of nitrogens with zero attached hydrogens (tertiary/aromatic N) is 1. The molecule has 0 saturated heterocycles.